The highest BCUT2D eigenvalue weighted by Gasteiger charge is 2.40. The number of rotatable bonds is 9. The van der Waals surface area contributed by atoms with E-state index < -0.39 is 52.3 Å². The van der Waals surface area contributed by atoms with Gasteiger partial charge in [0, 0.05) is 24.2 Å². The Morgan fingerprint density at radius 2 is 0.984 bits per heavy atom. The molecule has 0 aromatic heterocycles. The van der Waals surface area contributed by atoms with E-state index in [2.05, 4.69) is 86.4 Å². The minimum absolute atomic E-state index is 0.000490. The zero-order valence-electron chi connectivity index (χ0n) is 38.2. The van der Waals surface area contributed by atoms with Crippen LogP contribution in [0.25, 0.3) is 0 Å². The van der Waals surface area contributed by atoms with Gasteiger partial charge in [-0.25, -0.2) is 9.98 Å². The van der Waals surface area contributed by atoms with Gasteiger partial charge in [0.1, 0.15) is 11.7 Å². The van der Waals surface area contributed by atoms with Crippen molar-refractivity contribution in [2.75, 3.05) is 19.8 Å². The highest BCUT2D eigenvalue weighted by atomic mass is 19.4. The second-order valence-corrected chi connectivity index (χ2v) is 18.3. The maximum absolute atomic E-state index is 14.8. The molecule has 1 saturated heterocycles. The third-order valence-corrected chi connectivity index (χ3v) is 11.5. The van der Waals surface area contributed by atoms with E-state index in [1.807, 2.05) is 23.1 Å². The van der Waals surface area contributed by atoms with Crippen molar-refractivity contribution in [1.82, 2.24) is 9.80 Å². The number of hydrogen-bond donors (Lipinski definition) is 0. The monoisotopic (exact) mass is 886 g/mol. The number of benzene rings is 4. The molecule has 63 heavy (non-hydrogen) atoms. The first-order valence-electron chi connectivity index (χ1n) is 21.6. The molecule has 1 heterocycles. The largest absolute Gasteiger partial charge is 0.418 e. The summed E-state index contributed by atoms with van der Waals surface area (Å²) in [6.07, 6.45) is -15.1. The van der Waals surface area contributed by atoms with Gasteiger partial charge in [0.25, 0.3) is 0 Å². The van der Waals surface area contributed by atoms with Gasteiger partial charge in [-0.3, -0.25) is 0 Å². The molecule has 0 atom stereocenters. The topological polar surface area (TPSA) is 31.2 Å². The Bertz CT molecular complexity index is 2260. The van der Waals surface area contributed by atoms with E-state index in [1.54, 1.807) is 0 Å². The summed E-state index contributed by atoms with van der Waals surface area (Å²) in [5.41, 5.74) is 1.50. The van der Waals surface area contributed by atoms with Gasteiger partial charge in [-0.15, -0.1) is 0 Å². The Kier molecular flexibility index (Phi) is 14.6. The van der Waals surface area contributed by atoms with Gasteiger partial charge in [0.2, 0.25) is 0 Å². The molecule has 5 rings (SSSR count). The number of aryl methyl sites for hydroxylation is 2. The minimum atomic E-state index is -5.22. The van der Waals surface area contributed by atoms with Crippen LogP contribution in [-0.4, -0.2) is 41.2 Å². The first-order valence-corrected chi connectivity index (χ1v) is 21.6. The lowest BCUT2D eigenvalue weighted by Gasteiger charge is -2.41. The van der Waals surface area contributed by atoms with Gasteiger partial charge in [-0.2, -0.15) is 39.5 Å². The zero-order valence-corrected chi connectivity index (χ0v) is 38.2. The lowest BCUT2D eigenvalue weighted by atomic mass is 9.83. The zero-order chi connectivity index (χ0) is 47.1. The number of hydrogen-bond acceptors (Lipinski definition) is 2. The number of alkyl halides is 9. The third-order valence-electron chi connectivity index (χ3n) is 11.5. The lowest BCUT2D eigenvalue weighted by molar-refractivity contribution is -0.143. The van der Waals surface area contributed by atoms with E-state index in [0.717, 1.165) is 45.1 Å². The number of amidine groups is 2. The minimum Gasteiger partial charge on any atom is -0.338 e. The molecule has 0 saturated carbocycles. The summed E-state index contributed by atoms with van der Waals surface area (Å²) in [4.78, 5) is 13.5. The van der Waals surface area contributed by atoms with Crippen molar-refractivity contribution in [3.8, 4) is 0 Å². The number of halogens is 9. The van der Waals surface area contributed by atoms with E-state index in [4.69, 9.17) is 4.99 Å². The Labute approximate surface area is 366 Å². The van der Waals surface area contributed by atoms with Crippen LogP contribution in [0.4, 0.5) is 50.9 Å². The van der Waals surface area contributed by atoms with Crippen LogP contribution in [0.15, 0.2) is 70.6 Å². The maximum atomic E-state index is 14.8. The molecule has 4 aromatic carbocycles. The summed E-state index contributed by atoms with van der Waals surface area (Å²) in [6, 6.07) is 13.8. The second kappa shape index (κ2) is 18.7. The van der Waals surface area contributed by atoms with Gasteiger partial charge < -0.3 is 9.80 Å². The molecular weight excluding hydrogens is 828 g/mol. The first-order chi connectivity index (χ1) is 29.1. The molecular formula is C50H59F9N4. The molecule has 0 bridgehead atoms. The fourth-order valence-corrected chi connectivity index (χ4v) is 8.22. The summed E-state index contributed by atoms with van der Waals surface area (Å²) in [6.45, 7) is 24.0. The summed E-state index contributed by atoms with van der Waals surface area (Å²) >= 11 is 0. The van der Waals surface area contributed by atoms with Crippen molar-refractivity contribution in [1.29, 1.82) is 0 Å². The maximum Gasteiger partial charge on any atom is 0.418 e. The number of nitrogens with zero attached hydrogens (tertiary/aromatic N) is 4. The molecule has 0 radical (unpaired) electrons. The normalized spacial score (nSPS) is 15.0. The Hall–Kier alpha value is -4.81. The van der Waals surface area contributed by atoms with Crippen molar-refractivity contribution in [2.24, 2.45) is 9.98 Å². The molecule has 0 amide bonds. The summed E-state index contributed by atoms with van der Waals surface area (Å²) in [5.74, 6) is 0.403. The summed E-state index contributed by atoms with van der Waals surface area (Å²) in [5, 5.41) is 0. The standard InChI is InChI=1S/C50H59F9N4/c1-27(2)34-23-40(30(7)8)43(41(24-34)31(9)10)47(61-45-38(28(3)4)15-13-16-39(45)29(5)6)63-18-14-17-62(26-63)46(60-44-33(12)19-32(11)20-42(44)50(57,58)59)35-21-36(48(51,52)53)25-37(22-35)49(54,55)56/h13,15-16,19-25,27-31H,14,17-18,26H2,1-12H3. The van der Waals surface area contributed by atoms with E-state index in [-0.39, 0.29) is 60.0 Å². The lowest BCUT2D eigenvalue weighted by Crippen LogP contribution is -2.50. The number of para-hydroxylation sites is 1. The van der Waals surface area contributed by atoms with Crippen LogP contribution in [0.3, 0.4) is 0 Å². The smallest absolute Gasteiger partial charge is 0.338 e. The van der Waals surface area contributed by atoms with Gasteiger partial charge in [0.15, 0.2) is 0 Å². The highest BCUT2D eigenvalue weighted by Crippen LogP contribution is 2.43. The molecule has 0 aliphatic carbocycles. The molecule has 1 fully saturated rings. The fraction of sp³-hybridized carbons (Fsp3) is 0.480. The first kappa shape index (κ1) is 49.2. The molecule has 342 valence electrons. The molecule has 1 aliphatic rings. The second-order valence-electron chi connectivity index (χ2n) is 18.3. The van der Waals surface area contributed by atoms with Crippen LogP contribution in [0.5, 0.6) is 0 Å². The molecule has 4 nitrogen and oxygen atoms in total. The van der Waals surface area contributed by atoms with Crippen LogP contribution in [0, 0.1) is 13.8 Å². The quantitative estimate of drug-likeness (QED) is 0.0952. The highest BCUT2D eigenvalue weighted by molar-refractivity contribution is 6.05. The number of aliphatic imine (C=N–C) groups is 2. The van der Waals surface area contributed by atoms with Crippen LogP contribution in [0.2, 0.25) is 0 Å². The van der Waals surface area contributed by atoms with Crippen LogP contribution in [0.1, 0.15) is 172 Å². The van der Waals surface area contributed by atoms with Gasteiger partial charge in [-0.1, -0.05) is 111 Å². The van der Waals surface area contributed by atoms with E-state index >= 15 is 0 Å². The molecule has 4 aromatic rings. The van der Waals surface area contributed by atoms with Gasteiger partial charge >= 0.3 is 18.5 Å². The fourth-order valence-electron chi connectivity index (χ4n) is 8.22. The SMILES string of the molecule is Cc1cc(C)c(N=C(c2cc(C(F)(F)F)cc(C(F)(F)F)c2)N2CCCN(C(=Nc3c(C(C)C)cccc3C(C)C)c3c(C(C)C)cc(C(C)C)cc3C(C)C)C2)c(C(F)(F)F)c1. The van der Waals surface area contributed by atoms with Gasteiger partial charge in [0.05, 0.1) is 34.7 Å². The van der Waals surface area contributed by atoms with Crippen molar-refractivity contribution < 1.29 is 39.5 Å². The summed E-state index contributed by atoms with van der Waals surface area (Å²) in [7, 11) is 0. The molecule has 13 heteroatoms. The average Bonchev–Trinajstić information content (AvgIpc) is 3.17. The van der Waals surface area contributed by atoms with Crippen molar-refractivity contribution >= 4 is 23.0 Å². The van der Waals surface area contributed by atoms with E-state index in [9.17, 15) is 39.5 Å². The summed E-state index contributed by atoms with van der Waals surface area (Å²) < 4.78 is 131. The van der Waals surface area contributed by atoms with Crippen LogP contribution in [-0.2, 0) is 18.5 Å². The van der Waals surface area contributed by atoms with Crippen LogP contribution >= 0.6 is 0 Å². The third kappa shape index (κ3) is 11.1. The molecule has 1 aliphatic heterocycles. The Balaban J connectivity index is 1.90. The Morgan fingerprint density at radius 1 is 0.524 bits per heavy atom. The predicted octanol–water partition coefficient (Wildman–Crippen LogP) is 15.8. The van der Waals surface area contributed by atoms with Crippen molar-refractivity contribution in [2.45, 2.75) is 138 Å². The van der Waals surface area contributed by atoms with Crippen molar-refractivity contribution in [3.05, 3.63) is 127 Å². The van der Waals surface area contributed by atoms with Crippen LogP contribution < -0.4 is 0 Å². The molecule has 0 N–H and O–H groups in total. The van der Waals surface area contributed by atoms with Gasteiger partial charge in [-0.05, 0) is 108 Å². The van der Waals surface area contributed by atoms with E-state index in [0.29, 0.717) is 30.9 Å². The van der Waals surface area contributed by atoms with Crippen molar-refractivity contribution in [3.63, 3.8) is 0 Å². The molecule has 0 unspecified atom stereocenters. The molecule has 0 spiro atoms. The Morgan fingerprint density at radius 3 is 1.41 bits per heavy atom. The average molecular weight is 887 g/mol. The van der Waals surface area contributed by atoms with E-state index in [1.165, 1.54) is 24.8 Å². The predicted molar refractivity (Wildman–Crippen MR) is 236 cm³/mol.